The van der Waals surface area contributed by atoms with E-state index in [9.17, 15) is 17.6 Å². The Morgan fingerprint density at radius 1 is 0.966 bits per heavy atom. The van der Waals surface area contributed by atoms with Gasteiger partial charge in [0.25, 0.3) is 0 Å². The number of hydrogen-bond acceptors (Lipinski definition) is 3. The van der Waals surface area contributed by atoms with Crippen LogP contribution in [0.4, 0.5) is 10.1 Å². The molecule has 3 aromatic rings. The van der Waals surface area contributed by atoms with E-state index in [0.29, 0.717) is 0 Å². The van der Waals surface area contributed by atoms with Crippen molar-refractivity contribution in [1.82, 2.24) is 4.31 Å². The lowest BCUT2D eigenvalue weighted by Crippen LogP contribution is -2.37. The van der Waals surface area contributed by atoms with Crippen molar-refractivity contribution in [2.24, 2.45) is 0 Å². The Morgan fingerprint density at radius 2 is 1.66 bits per heavy atom. The van der Waals surface area contributed by atoms with Crippen LogP contribution in [0.25, 0.3) is 0 Å². The summed E-state index contributed by atoms with van der Waals surface area (Å²) in [5, 5.41) is 2.54. The zero-order valence-electron chi connectivity index (χ0n) is 15.3. The first kappa shape index (κ1) is 21.2. The molecule has 0 saturated heterocycles. The standard InChI is InChI=1S/C21H18BrFN2O3S/c22-17-9-11-20(12-10-17)29(27,28)25(14-16-5-2-1-3-6-16)15-21(26)24-19-8-4-7-18(23)13-19/h1-13H,14-15H2,(H,24,26). The number of hydrogen-bond donors (Lipinski definition) is 1. The van der Waals surface area contributed by atoms with Crippen LogP contribution in [0.1, 0.15) is 5.56 Å². The van der Waals surface area contributed by atoms with Crippen LogP contribution < -0.4 is 5.32 Å². The third-order valence-corrected chi connectivity index (χ3v) is 6.42. The maximum Gasteiger partial charge on any atom is 0.243 e. The van der Waals surface area contributed by atoms with Gasteiger partial charge in [-0.25, -0.2) is 12.8 Å². The van der Waals surface area contributed by atoms with Gasteiger partial charge < -0.3 is 5.32 Å². The summed E-state index contributed by atoms with van der Waals surface area (Å²) < 4.78 is 41.5. The molecule has 0 aliphatic rings. The summed E-state index contributed by atoms with van der Waals surface area (Å²) in [7, 11) is -3.93. The summed E-state index contributed by atoms with van der Waals surface area (Å²) in [5.74, 6) is -1.06. The Bertz CT molecular complexity index is 1090. The van der Waals surface area contributed by atoms with Gasteiger partial charge >= 0.3 is 0 Å². The van der Waals surface area contributed by atoms with Crippen molar-refractivity contribution >= 4 is 37.5 Å². The molecule has 150 valence electrons. The molecule has 1 amide bonds. The highest BCUT2D eigenvalue weighted by Crippen LogP contribution is 2.21. The highest BCUT2D eigenvalue weighted by molar-refractivity contribution is 9.10. The minimum Gasteiger partial charge on any atom is -0.325 e. The van der Waals surface area contributed by atoms with Crippen LogP contribution in [-0.2, 0) is 21.4 Å². The third kappa shape index (κ3) is 5.72. The molecule has 8 heteroatoms. The monoisotopic (exact) mass is 476 g/mol. The first-order valence-electron chi connectivity index (χ1n) is 8.70. The zero-order chi connectivity index (χ0) is 20.9. The molecule has 5 nitrogen and oxygen atoms in total. The van der Waals surface area contributed by atoms with Gasteiger partial charge in [0.2, 0.25) is 15.9 Å². The molecule has 1 N–H and O–H groups in total. The van der Waals surface area contributed by atoms with Crippen LogP contribution in [0.3, 0.4) is 0 Å². The molecule has 0 atom stereocenters. The average molecular weight is 477 g/mol. The second-order valence-corrected chi connectivity index (χ2v) is 9.12. The molecular weight excluding hydrogens is 459 g/mol. The van der Waals surface area contributed by atoms with Crippen molar-refractivity contribution in [3.63, 3.8) is 0 Å². The van der Waals surface area contributed by atoms with E-state index >= 15 is 0 Å². The Kier molecular flexibility index (Phi) is 6.79. The van der Waals surface area contributed by atoms with E-state index in [2.05, 4.69) is 21.2 Å². The van der Waals surface area contributed by atoms with E-state index in [4.69, 9.17) is 0 Å². The third-order valence-electron chi connectivity index (χ3n) is 4.08. The number of carbonyl (C=O) groups excluding carboxylic acids is 1. The van der Waals surface area contributed by atoms with E-state index in [0.717, 1.165) is 14.3 Å². The summed E-state index contributed by atoms with van der Waals surface area (Å²) in [6, 6.07) is 20.6. The predicted octanol–water partition coefficient (Wildman–Crippen LogP) is 4.42. The van der Waals surface area contributed by atoms with Crippen LogP contribution in [0.5, 0.6) is 0 Å². The van der Waals surface area contributed by atoms with E-state index in [1.807, 2.05) is 6.07 Å². The van der Waals surface area contributed by atoms with Crippen molar-refractivity contribution in [2.45, 2.75) is 11.4 Å². The molecule has 0 heterocycles. The molecule has 0 spiro atoms. The highest BCUT2D eigenvalue weighted by Gasteiger charge is 2.27. The van der Waals surface area contributed by atoms with Gasteiger partial charge in [-0.15, -0.1) is 0 Å². The number of rotatable bonds is 7. The van der Waals surface area contributed by atoms with E-state index < -0.39 is 28.3 Å². The largest absolute Gasteiger partial charge is 0.325 e. The number of amides is 1. The number of nitrogens with zero attached hydrogens (tertiary/aromatic N) is 1. The first-order valence-corrected chi connectivity index (χ1v) is 10.9. The average Bonchev–Trinajstić information content (AvgIpc) is 2.68. The predicted molar refractivity (Wildman–Crippen MR) is 113 cm³/mol. The van der Waals surface area contributed by atoms with Crippen LogP contribution in [0.15, 0.2) is 88.2 Å². The fraction of sp³-hybridized carbons (Fsp3) is 0.0952. The van der Waals surface area contributed by atoms with Gasteiger partial charge in [-0.05, 0) is 48.0 Å². The molecule has 29 heavy (non-hydrogen) atoms. The molecule has 0 bridgehead atoms. The second kappa shape index (κ2) is 9.30. The summed E-state index contributed by atoms with van der Waals surface area (Å²) in [6.07, 6.45) is 0. The Morgan fingerprint density at radius 3 is 2.31 bits per heavy atom. The lowest BCUT2D eigenvalue weighted by molar-refractivity contribution is -0.116. The maximum atomic E-state index is 13.3. The molecule has 0 radical (unpaired) electrons. The van der Waals surface area contributed by atoms with Crippen LogP contribution in [-0.4, -0.2) is 25.2 Å². The van der Waals surface area contributed by atoms with Crippen molar-refractivity contribution < 1.29 is 17.6 Å². The highest BCUT2D eigenvalue weighted by atomic mass is 79.9. The van der Waals surface area contributed by atoms with Crippen molar-refractivity contribution in [2.75, 3.05) is 11.9 Å². The summed E-state index contributed by atoms with van der Waals surface area (Å²) in [4.78, 5) is 12.6. The minimum atomic E-state index is -3.93. The van der Waals surface area contributed by atoms with Crippen LogP contribution in [0.2, 0.25) is 0 Å². The quantitative estimate of drug-likeness (QED) is 0.548. The summed E-state index contributed by atoms with van der Waals surface area (Å²) in [5.41, 5.74) is 1.00. The van der Waals surface area contributed by atoms with Crippen LogP contribution in [0, 0.1) is 5.82 Å². The molecule has 0 aliphatic heterocycles. The molecular formula is C21H18BrFN2O3S. The van der Waals surface area contributed by atoms with E-state index in [1.165, 1.54) is 36.4 Å². The van der Waals surface area contributed by atoms with Gasteiger partial charge in [-0.3, -0.25) is 4.79 Å². The van der Waals surface area contributed by atoms with Gasteiger partial charge in [0.1, 0.15) is 5.82 Å². The number of carbonyl (C=O) groups is 1. The van der Waals surface area contributed by atoms with Gasteiger partial charge in [0, 0.05) is 16.7 Å². The SMILES string of the molecule is O=C(CN(Cc1ccccc1)S(=O)(=O)c1ccc(Br)cc1)Nc1cccc(F)c1. The molecule has 3 aromatic carbocycles. The molecule has 0 fully saturated rings. The smallest absolute Gasteiger partial charge is 0.243 e. The van der Waals surface area contributed by atoms with E-state index in [-0.39, 0.29) is 17.1 Å². The summed E-state index contributed by atoms with van der Waals surface area (Å²) in [6.45, 7) is -0.389. The zero-order valence-corrected chi connectivity index (χ0v) is 17.7. The topological polar surface area (TPSA) is 66.5 Å². The van der Waals surface area contributed by atoms with Gasteiger partial charge in [0.15, 0.2) is 0 Å². The first-order chi connectivity index (χ1) is 13.8. The summed E-state index contributed by atoms with van der Waals surface area (Å²) >= 11 is 3.28. The molecule has 0 saturated carbocycles. The Balaban J connectivity index is 1.86. The van der Waals surface area contributed by atoms with E-state index in [1.54, 1.807) is 36.4 Å². The fourth-order valence-electron chi connectivity index (χ4n) is 2.70. The number of anilines is 1. The normalized spacial score (nSPS) is 11.4. The molecule has 0 aliphatic carbocycles. The van der Waals surface area contributed by atoms with Crippen molar-refractivity contribution in [1.29, 1.82) is 0 Å². The Hall–Kier alpha value is -2.55. The van der Waals surface area contributed by atoms with Gasteiger partial charge in [-0.1, -0.05) is 52.3 Å². The molecule has 0 unspecified atom stereocenters. The van der Waals surface area contributed by atoms with Gasteiger partial charge in [0.05, 0.1) is 11.4 Å². The van der Waals surface area contributed by atoms with Gasteiger partial charge in [-0.2, -0.15) is 4.31 Å². The maximum absolute atomic E-state index is 13.3. The Labute approximate surface area is 177 Å². The lowest BCUT2D eigenvalue weighted by Gasteiger charge is -2.22. The fourth-order valence-corrected chi connectivity index (χ4v) is 4.34. The number of halogens is 2. The molecule has 0 aromatic heterocycles. The van der Waals surface area contributed by atoms with Crippen molar-refractivity contribution in [3.8, 4) is 0 Å². The number of benzene rings is 3. The van der Waals surface area contributed by atoms with Crippen LogP contribution >= 0.6 is 15.9 Å². The van der Waals surface area contributed by atoms with Crippen molar-refractivity contribution in [3.05, 3.63) is 94.7 Å². The lowest BCUT2D eigenvalue weighted by atomic mass is 10.2. The minimum absolute atomic E-state index is 0.0236. The number of nitrogens with one attached hydrogen (secondary N) is 1. The number of sulfonamides is 1. The molecule has 3 rings (SSSR count). The second-order valence-electron chi connectivity index (χ2n) is 6.27.